The molecule has 1 rings (SSSR count). The van der Waals surface area contributed by atoms with Crippen LogP contribution in [0.3, 0.4) is 0 Å². The Balaban J connectivity index is 3.41. The highest BCUT2D eigenvalue weighted by Crippen LogP contribution is 2.34. The Bertz CT molecular complexity index is 847. The third-order valence-electron chi connectivity index (χ3n) is 2.39. The van der Waals surface area contributed by atoms with Gasteiger partial charge >= 0.3 is 5.51 Å². The molecule has 120 valence electrons. The number of allylic oxidation sites excluding steroid dienone is 1. The van der Waals surface area contributed by atoms with Crippen LogP contribution in [0, 0.1) is 32.8 Å². The molecule has 0 heterocycles. The summed E-state index contributed by atoms with van der Waals surface area (Å²) < 4.78 is 59.8. The molecule has 1 N–H and O–H groups in total. The van der Waals surface area contributed by atoms with E-state index in [9.17, 15) is 31.7 Å². The number of anilines is 1. The maximum Gasteiger partial charge on any atom is 0.501 e. The van der Waals surface area contributed by atoms with Crippen LogP contribution >= 0.6 is 0 Å². The number of sulfone groups is 1. The van der Waals surface area contributed by atoms with Crippen molar-refractivity contribution in [3.05, 3.63) is 40.1 Å². The second-order valence-electron chi connectivity index (χ2n) is 3.81. The number of nitro groups is 1. The van der Waals surface area contributed by atoms with Crippen LogP contribution in [0.25, 0.3) is 0 Å². The molecule has 0 aliphatic heterocycles. The van der Waals surface area contributed by atoms with Gasteiger partial charge in [0, 0.05) is 12.3 Å². The molecule has 0 unspecified atom stereocenters. The molecule has 12 heteroatoms. The predicted octanol–water partition coefficient (Wildman–Crippen LogP) is 2.23. The van der Waals surface area contributed by atoms with Gasteiger partial charge in [-0.25, -0.2) is 8.42 Å². The predicted molar refractivity (Wildman–Crippen MR) is 69.3 cm³/mol. The number of nitro benzene ring substituents is 1. The molecule has 1 aromatic carbocycles. The SMILES string of the molecule is N#CC(C#N)=CNc1ccc(S(=O)(=O)C(F)(F)F)cc1[N+](=O)[O-]. The van der Waals surface area contributed by atoms with E-state index >= 15 is 0 Å². The number of hydrogen-bond acceptors (Lipinski definition) is 7. The van der Waals surface area contributed by atoms with E-state index < -0.39 is 36.4 Å². The van der Waals surface area contributed by atoms with Crippen molar-refractivity contribution in [1.82, 2.24) is 0 Å². The van der Waals surface area contributed by atoms with E-state index in [1.807, 2.05) is 0 Å². The topological polar surface area (TPSA) is 137 Å². The van der Waals surface area contributed by atoms with Crippen LogP contribution in [0.15, 0.2) is 34.9 Å². The van der Waals surface area contributed by atoms with Crippen molar-refractivity contribution in [1.29, 1.82) is 10.5 Å². The van der Waals surface area contributed by atoms with Crippen LogP contribution in [-0.4, -0.2) is 18.8 Å². The number of nitriles is 2. The second-order valence-corrected chi connectivity index (χ2v) is 5.75. The number of nitrogens with one attached hydrogen (secondary N) is 1. The highest BCUT2D eigenvalue weighted by Gasteiger charge is 2.47. The summed E-state index contributed by atoms with van der Waals surface area (Å²) in [5.74, 6) is 0. The number of alkyl halides is 3. The van der Waals surface area contributed by atoms with Crippen molar-refractivity contribution in [3.8, 4) is 12.1 Å². The number of rotatable bonds is 4. The lowest BCUT2D eigenvalue weighted by atomic mass is 10.2. The molecule has 0 saturated heterocycles. The molecule has 0 aromatic heterocycles. The highest BCUT2D eigenvalue weighted by atomic mass is 32.2. The van der Waals surface area contributed by atoms with Crippen LogP contribution in [0.1, 0.15) is 0 Å². The monoisotopic (exact) mass is 346 g/mol. The fraction of sp³-hybridized carbons (Fsp3) is 0.0909. The van der Waals surface area contributed by atoms with E-state index in [4.69, 9.17) is 10.5 Å². The average molecular weight is 346 g/mol. The van der Waals surface area contributed by atoms with Gasteiger partial charge in [-0.2, -0.15) is 23.7 Å². The molecule has 0 spiro atoms. The van der Waals surface area contributed by atoms with Crippen molar-refractivity contribution in [3.63, 3.8) is 0 Å². The largest absolute Gasteiger partial charge is 0.501 e. The summed E-state index contributed by atoms with van der Waals surface area (Å²) in [5, 5.41) is 30.1. The lowest BCUT2D eigenvalue weighted by molar-refractivity contribution is -0.384. The van der Waals surface area contributed by atoms with E-state index in [1.54, 1.807) is 0 Å². The maximum absolute atomic E-state index is 12.4. The van der Waals surface area contributed by atoms with Crippen molar-refractivity contribution in [2.24, 2.45) is 0 Å². The van der Waals surface area contributed by atoms with Gasteiger partial charge in [-0.1, -0.05) is 0 Å². The van der Waals surface area contributed by atoms with Gasteiger partial charge in [0.1, 0.15) is 23.4 Å². The Morgan fingerprint density at radius 3 is 2.30 bits per heavy atom. The molecule has 8 nitrogen and oxygen atoms in total. The molecule has 0 bridgehead atoms. The summed E-state index contributed by atoms with van der Waals surface area (Å²) in [5.41, 5.74) is -7.42. The number of benzene rings is 1. The zero-order valence-corrected chi connectivity index (χ0v) is 11.6. The van der Waals surface area contributed by atoms with Crippen LogP contribution in [-0.2, 0) is 9.84 Å². The Morgan fingerprint density at radius 2 is 1.87 bits per heavy atom. The Kier molecular flexibility index (Phi) is 4.93. The van der Waals surface area contributed by atoms with Crippen LogP contribution in [0.2, 0.25) is 0 Å². The van der Waals surface area contributed by atoms with Gasteiger partial charge in [-0.15, -0.1) is 0 Å². The second kappa shape index (κ2) is 6.33. The van der Waals surface area contributed by atoms with E-state index in [1.165, 1.54) is 12.1 Å². The van der Waals surface area contributed by atoms with Crippen molar-refractivity contribution < 1.29 is 26.5 Å². The molecular formula is C11H5F3N4O4S. The molecule has 0 aliphatic rings. The summed E-state index contributed by atoms with van der Waals surface area (Å²) in [6, 6.07) is 4.37. The molecule has 1 aromatic rings. The molecule has 0 atom stereocenters. The molecule has 0 saturated carbocycles. The average Bonchev–Trinajstić information content (AvgIpc) is 2.46. The standard InChI is InChI=1S/C11H5F3N4O4S/c12-11(13,14)23(21,22)8-1-2-9(10(3-8)18(19)20)17-6-7(4-15)5-16/h1-3,6,17H. The minimum absolute atomic E-state index is 0.234. The molecule has 0 fully saturated rings. The zero-order valence-electron chi connectivity index (χ0n) is 10.8. The summed E-state index contributed by atoms with van der Waals surface area (Å²) in [6.07, 6.45) is 0.792. The molecule has 23 heavy (non-hydrogen) atoms. The van der Waals surface area contributed by atoms with Gasteiger partial charge < -0.3 is 5.32 Å². The smallest absolute Gasteiger partial charge is 0.354 e. The number of nitrogens with zero attached hydrogens (tertiary/aromatic N) is 3. The first-order chi connectivity index (χ1) is 10.5. The van der Waals surface area contributed by atoms with Crippen LogP contribution in [0.5, 0.6) is 0 Å². The maximum atomic E-state index is 12.4. The van der Waals surface area contributed by atoms with Gasteiger partial charge in [-0.3, -0.25) is 10.1 Å². The van der Waals surface area contributed by atoms with Crippen molar-refractivity contribution in [2.75, 3.05) is 5.32 Å². The first-order valence-electron chi connectivity index (χ1n) is 5.41. The summed E-state index contributed by atoms with van der Waals surface area (Å²) in [4.78, 5) is 8.47. The molecular weight excluding hydrogens is 341 g/mol. The van der Waals surface area contributed by atoms with Gasteiger partial charge in [0.2, 0.25) is 0 Å². The third-order valence-corrected chi connectivity index (χ3v) is 3.88. The van der Waals surface area contributed by atoms with Crippen molar-refractivity contribution >= 4 is 21.2 Å². The Labute approximate surface area is 127 Å². The van der Waals surface area contributed by atoms with E-state index in [0.29, 0.717) is 6.07 Å². The summed E-state index contributed by atoms with van der Waals surface area (Å²) in [6.45, 7) is 0. The first kappa shape index (κ1) is 17.9. The Morgan fingerprint density at radius 1 is 1.30 bits per heavy atom. The molecule has 0 radical (unpaired) electrons. The first-order valence-corrected chi connectivity index (χ1v) is 6.89. The van der Waals surface area contributed by atoms with Crippen molar-refractivity contribution in [2.45, 2.75) is 10.4 Å². The van der Waals surface area contributed by atoms with Gasteiger partial charge in [-0.05, 0) is 12.1 Å². The van der Waals surface area contributed by atoms with Crippen LogP contribution < -0.4 is 5.32 Å². The number of hydrogen-bond donors (Lipinski definition) is 1. The van der Waals surface area contributed by atoms with Crippen LogP contribution in [0.4, 0.5) is 24.5 Å². The minimum atomic E-state index is -5.74. The fourth-order valence-electron chi connectivity index (χ4n) is 1.32. The van der Waals surface area contributed by atoms with E-state index in [0.717, 1.165) is 12.3 Å². The highest BCUT2D eigenvalue weighted by molar-refractivity contribution is 7.92. The van der Waals surface area contributed by atoms with Gasteiger partial charge in [0.15, 0.2) is 0 Å². The molecule has 0 amide bonds. The minimum Gasteiger partial charge on any atom is -0.354 e. The summed E-state index contributed by atoms with van der Waals surface area (Å²) in [7, 11) is -5.74. The lowest BCUT2D eigenvalue weighted by Crippen LogP contribution is -2.23. The third kappa shape index (κ3) is 3.75. The normalized spacial score (nSPS) is 11.0. The fourth-order valence-corrected chi connectivity index (χ4v) is 2.11. The quantitative estimate of drug-likeness (QED) is 0.501. The van der Waals surface area contributed by atoms with Gasteiger partial charge in [0.25, 0.3) is 15.5 Å². The van der Waals surface area contributed by atoms with E-state index in [2.05, 4.69) is 5.32 Å². The molecule has 0 aliphatic carbocycles. The van der Waals surface area contributed by atoms with E-state index in [-0.39, 0.29) is 11.8 Å². The summed E-state index contributed by atoms with van der Waals surface area (Å²) >= 11 is 0. The van der Waals surface area contributed by atoms with Gasteiger partial charge in [0.05, 0.1) is 9.82 Å². The Hall–Kier alpha value is -3.12. The number of halogens is 3. The lowest BCUT2D eigenvalue weighted by Gasteiger charge is -2.09. The zero-order chi connectivity index (χ0) is 17.8.